The molecule has 0 bridgehead atoms. The Morgan fingerprint density at radius 3 is 2.62 bits per heavy atom. The number of fused-ring (bicyclic) bond motifs is 1. The van der Waals surface area contributed by atoms with Crippen molar-refractivity contribution in [3.8, 4) is 0 Å². The van der Waals surface area contributed by atoms with Gasteiger partial charge >= 0.3 is 0 Å². The van der Waals surface area contributed by atoms with Crippen LogP contribution in [0.2, 0.25) is 0 Å². The van der Waals surface area contributed by atoms with Crippen LogP contribution < -0.4 is 10.2 Å². The van der Waals surface area contributed by atoms with Crippen molar-refractivity contribution >= 4 is 17.4 Å². The molecule has 0 atom stereocenters. The lowest BCUT2D eigenvalue weighted by Gasteiger charge is -2.36. The molecular formula is C21H27N7O. The quantitative estimate of drug-likeness (QED) is 0.709. The SMILES string of the molecule is Cc1cccc(N2CCN(CCNC(=O)c3nc4nc(C)cc(C)n4n3)CC2)c1. The van der Waals surface area contributed by atoms with E-state index in [1.807, 2.05) is 19.9 Å². The van der Waals surface area contributed by atoms with Gasteiger partial charge in [-0.3, -0.25) is 9.69 Å². The normalized spacial score (nSPS) is 15.1. The van der Waals surface area contributed by atoms with Crippen LogP contribution in [0.5, 0.6) is 0 Å². The number of aromatic nitrogens is 4. The Balaban J connectivity index is 1.26. The Morgan fingerprint density at radius 1 is 1.07 bits per heavy atom. The van der Waals surface area contributed by atoms with Gasteiger partial charge in [-0.25, -0.2) is 9.50 Å². The molecule has 1 N–H and O–H groups in total. The van der Waals surface area contributed by atoms with Crippen molar-refractivity contribution < 1.29 is 4.79 Å². The first-order valence-electron chi connectivity index (χ1n) is 10.0. The molecule has 1 aromatic carbocycles. The maximum Gasteiger partial charge on any atom is 0.291 e. The number of carbonyl (C=O) groups is 1. The molecule has 29 heavy (non-hydrogen) atoms. The van der Waals surface area contributed by atoms with E-state index in [4.69, 9.17) is 0 Å². The van der Waals surface area contributed by atoms with Crippen molar-refractivity contribution in [2.45, 2.75) is 20.8 Å². The van der Waals surface area contributed by atoms with Crippen LogP contribution in [-0.2, 0) is 0 Å². The highest BCUT2D eigenvalue weighted by atomic mass is 16.2. The van der Waals surface area contributed by atoms with Crippen molar-refractivity contribution in [2.24, 2.45) is 0 Å². The zero-order valence-electron chi connectivity index (χ0n) is 17.2. The topological polar surface area (TPSA) is 78.7 Å². The summed E-state index contributed by atoms with van der Waals surface area (Å²) >= 11 is 0. The van der Waals surface area contributed by atoms with E-state index in [0.29, 0.717) is 12.3 Å². The fourth-order valence-electron chi connectivity index (χ4n) is 3.72. The Hall–Kier alpha value is -3.00. The molecule has 0 aliphatic carbocycles. The Kier molecular flexibility index (Phi) is 5.44. The monoisotopic (exact) mass is 393 g/mol. The molecule has 8 heteroatoms. The Bertz CT molecular complexity index is 1020. The summed E-state index contributed by atoms with van der Waals surface area (Å²) in [5.74, 6) is 0.362. The summed E-state index contributed by atoms with van der Waals surface area (Å²) in [7, 11) is 0. The lowest BCUT2D eigenvalue weighted by atomic mass is 10.2. The minimum atomic E-state index is -0.258. The van der Waals surface area contributed by atoms with Crippen molar-refractivity contribution in [1.29, 1.82) is 0 Å². The number of hydrogen-bond acceptors (Lipinski definition) is 6. The fraction of sp³-hybridized carbons (Fsp3) is 0.429. The molecule has 8 nitrogen and oxygen atoms in total. The first-order chi connectivity index (χ1) is 14.0. The average Bonchev–Trinajstić information content (AvgIpc) is 3.13. The number of aryl methyl sites for hydroxylation is 3. The highest BCUT2D eigenvalue weighted by molar-refractivity contribution is 5.90. The minimum Gasteiger partial charge on any atom is -0.369 e. The second-order valence-corrected chi connectivity index (χ2v) is 7.61. The van der Waals surface area contributed by atoms with Crippen LogP contribution in [0.1, 0.15) is 27.6 Å². The number of piperazine rings is 1. The fourth-order valence-corrected chi connectivity index (χ4v) is 3.72. The molecule has 4 rings (SSSR count). The van der Waals surface area contributed by atoms with E-state index in [1.165, 1.54) is 11.3 Å². The largest absolute Gasteiger partial charge is 0.369 e. The molecule has 1 fully saturated rings. The molecule has 0 saturated carbocycles. The zero-order chi connectivity index (χ0) is 20.4. The van der Waals surface area contributed by atoms with Crippen molar-refractivity contribution in [1.82, 2.24) is 29.8 Å². The summed E-state index contributed by atoms with van der Waals surface area (Å²) in [6.45, 7) is 11.3. The van der Waals surface area contributed by atoms with Gasteiger partial charge in [0.05, 0.1) is 0 Å². The summed E-state index contributed by atoms with van der Waals surface area (Å²) in [5.41, 5.74) is 4.34. The van der Waals surface area contributed by atoms with Gasteiger partial charge in [-0.1, -0.05) is 12.1 Å². The van der Waals surface area contributed by atoms with Crippen molar-refractivity contribution in [3.05, 3.63) is 53.1 Å². The maximum atomic E-state index is 12.4. The molecule has 1 saturated heterocycles. The van der Waals surface area contributed by atoms with Gasteiger partial charge in [0.1, 0.15) is 0 Å². The lowest BCUT2D eigenvalue weighted by molar-refractivity contribution is 0.0937. The van der Waals surface area contributed by atoms with E-state index in [9.17, 15) is 4.79 Å². The third kappa shape index (κ3) is 4.37. The molecule has 0 unspecified atom stereocenters. The summed E-state index contributed by atoms with van der Waals surface area (Å²) in [4.78, 5) is 25.8. The Morgan fingerprint density at radius 2 is 1.86 bits per heavy atom. The van der Waals surface area contributed by atoms with E-state index >= 15 is 0 Å². The number of nitrogens with zero attached hydrogens (tertiary/aromatic N) is 6. The second-order valence-electron chi connectivity index (χ2n) is 7.61. The highest BCUT2D eigenvalue weighted by Gasteiger charge is 2.18. The average molecular weight is 393 g/mol. The smallest absolute Gasteiger partial charge is 0.291 e. The van der Waals surface area contributed by atoms with Crippen LogP contribution in [0.4, 0.5) is 5.69 Å². The van der Waals surface area contributed by atoms with E-state index < -0.39 is 0 Å². The van der Waals surface area contributed by atoms with Crippen molar-refractivity contribution in [2.75, 3.05) is 44.2 Å². The van der Waals surface area contributed by atoms with Crippen LogP contribution in [0, 0.1) is 20.8 Å². The van der Waals surface area contributed by atoms with E-state index in [-0.39, 0.29) is 11.7 Å². The zero-order valence-corrected chi connectivity index (χ0v) is 17.2. The summed E-state index contributed by atoms with van der Waals surface area (Å²) in [5, 5.41) is 7.21. The van der Waals surface area contributed by atoms with Crippen LogP contribution >= 0.6 is 0 Å². The number of carbonyl (C=O) groups excluding carboxylic acids is 1. The first-order valence-corrected chi connectivity index (χ1v) is 10.0. The number of anilines is 1. The Labute approximate surface area is 170 Å². The number of rotatable bonds is 5. The van der Waals surface area contributed by atoms with Gasteiger partial charge in [-0.05, 0) is 44.5 Å². The van der Waals surface area contributed by atoms with Gasteiger partial charge in [0.2, 0.25) is 5.82 Å². The van der Waals surface area contributed by atoms with Gasteiger partial charge in [-0.15, -0.1) is 5.10 Å². The standard InChI is InChI=1S/C21H27N7O/c1-15-5-4-6-18(13-15)27-11-9-26(10-12-27)8-7-22-20(29)19-24-21-23-16(2)14-17(3)28(21)25-19/h4-6,13-14H,7-12H2,1-3H3,(H,22,29). The van der Waals surface area contributed by atoms with Crippen LogP contribution in [0.15, 0.2) is 30.3 Å². The van der Waals surface area contributed by atoms with Gasteiger partial charge in [-0.2, -0.15) is 4.98 Å². The summed E-state index contributed by atoms with van der Waals surface area (Å²) in [6.07, 6.45) is 0. The van der Waals surface area contributed by atoms with Gasteiger partial charge in [0.25, 0.3) is 11.7 Å². The molecule has 0 spiro atoms. The third-order valence-corrected chi connectivity index (χ3v) is 5.27. The van der Waals surface area contributed by atoms with Crippen LogP contribution in [0.25, 0.3) is 5.78 Å². The molecule has 1 aliphatic rings. The van der Waals surface area contributed by atoms with E-state index in [2.05, 4.69) is 61.4 Å². The highest BCUT2D eigenvalue weighted by Crippen LogP contribution is 2.17. The van der Waals surface area contributed by atoms with Crippen LogP contribution in [0.3, 0.4) is 0 Å². The van der Waals surface area contributed by atoms with E-state index in [0.717, 1.165) is 44.1 Å². The molecule has 1 aliphatic heterocycles. The second kappa shape index (κ2) is 8.16. The van der Waals surface area contributed by atoms with E-state index in [1.54, 1.807) is 4.52 Å². The molecule has 3 aromatic rings. The number of hydrogen-bond donors (Lipinski definition) is 1. The maximum absolute atomic E-state index is 12.4. The van der Waals surface area contributed by atoms with Gasteiger partial charge in [0.15, 0.2) is 0 Å². The predicted octanol–water partition coefficient (Wildman–Crippen LogP) is 1.60. The molecule has 152 valence electrons. The molecule has 3 heterocycles. The third-order valence-electron chi connectivity index (χ3n) is 5.27. The first kappa shape index (κ1) is 19.3. The molecule has 2 aromatic heterocycles. The molecule has 0 radical (unpaired) electrons. The molecule has 1 amide bonds. The van der Waals surface area contributed by atoms with Crippen LogP contribution in [-0.4, -0.2) is 69.7 Å². The lowest BCUT2D eigenvalue weighted by Crippen LogP contribution is -2.48. The van der Waals surface area contributed by atoms with Crippen molar-refractivity contribution in [3.63, 3.8) is 0 Å². The van der Waals surface area contributed by atoms with Gasteiger partial charge < -0.3 is 10.2 Å². The number of nitrogens with one attached hydrogen (secondary N) is 1. The summed E-state index contributed by atoms with van der Waals surface area (Å²) < 4.78 is 1.60. The molecular weight excluding hydrogens is 366 g/mol. The summed E-state index contributed by atoms with van der Waals surface area (Å²) in [6, 6.07) is 10.6. The van der Waals surface area contributed by atoms with Gasteiger partial charge in [0, 0.05) is 56.3 Å². The number of amides is 1. The number of benzene rings is 1. The predicted molar refractivity (Wildman–Crippen MR) is 112 cm³/mol. The minimum absolute atomic E-state index is 0.162.